The van der Waals surface area contributed by atoms with Crippen LogP contribution in [0, 0.1) is 5.41 Å². The van der Waals surface area contributed by atoms with Crippen molar-refractivity contribution in [2.24, 2.45) is 5.41 Å². The van der Waals surface area contributed by atoms with E-state index in [1.807, 2.05) is 20.8 Å². The first-order chi connectivity index (χ1) is 6.06. The van der Waals surface area contributed by atoms with Gasteiger partial charge in [-0.3, -0.25) is 9.89 Å². The summed E-state index contributed by atoms with van der Waals surface area (Å²) in [5.74, 6) is 0.658. The van der Waals surface area contributed by atoms with Crippen molar-refractivity contribution in [2.45, 2.75) is 27.2 Å². The van der Waals surface area contributed by atoms with Gasteiger partial charge in [0.15, 0.2) is 0 Å². The van der Waals surface area contributed by atoms with E-state index < -0.39 is 0 Å². The number of aromatic amines is 1. The molecule has 0 fully saturated rings. The normalized spacial score (nSPS) is 11.3. The average molecular weight is 181 g/mol. The minimum absolute atomic E-state index is 0.0132. The highest BCUT2D eigenvalue weighted by Gasteiger charge is 2.25. The van der Waals surface area contributed by atoms with Crippen LogP contribution in [0.4, 0.5) is 5.82 Å². The van der Waals surface area contributed by atoms with Crippen molar-refractivity contribution in [3.05, 3.63) is 12.3 Å². The highest BCUT2D eigenvalue weighted by molar-refractivity contribution is 5.93. The van der Waals surface area contributed by atoms with Crippen LogP contribution in [-0.4, -0.2) is 16.1 Å². The van der Waals surface area contributed by atoms with E-state index in [0.29, 0.717) is 5.82 Å². The number of nitrogens with one attached hydrogen (secondary N) is 2. The molecule has 4 heteroatoms. The van der Waals surface area contributed by atoms with Gasteiger partial charge in [0.1, 0.15) is 5.82 Å². The monoisotopic (exact) mass is 181 g/mol. The van der Waals surface area contributed by atoms with Gasteiger partial charge < -0.3 is 5.32 Å². The molecule has 1 amide bonds. The zero-order valence-corrected chi connectivity index (χ0v) is 8.22. The van der Waals surface area contributed by atoms with Crippen molar-refractivity contribution < 1.29 is 4.79 Å². The van der Waals surface area contributed by atoms with E-state index in [9.17, 15) is 4.79 Å². The van der Waals surface area contributed by atoms with Gasteiger partial charge in [0.25, 0.3) is 0 Å². The van der Waals surface area contributed by atoms with Gasteiger partial charge in [-0.25, -0.2) is 0 Å². The Hall–Kier alpha value is -1.32. The van der Waals surface area contributed by atoms with Crippen molar-refractivity contribution in [1.29, 1.82) is 0 Å². The fourth-order valence-corrected chi connectivity index (χ4v) is 0.778. The van der Waals surface area contributed by atoms with E-state index in [0.717, 1.165) is 6.42 Å². The number of carbonyl (C=O) groups excluding carboxylic acids is 1. The molecule has 0 bridgehead atoms. The van der Waals surface area contributed by atoms with Gasteiger partial charge in [-0.05, 0) is 6.42 Å². The summed E-state index contributed by atoms with van der Waals surface area (Å²) in [6.07, 6.45) is 2.42. The summed E-state index contributed by atoms with van der Waals surface area (Å²) in [6.45, 7) is 5.82. The number of aromatic nitrogens is 2. The first-order valence-corrected chi connectivity index (χ1v) is 4.37. The Morgan fingerprint density at radius 1 is 1.69 bits per heavy atom. The van der Waals surface area contributed by atoms with E-state index in [2.05, 4.69) is 15.5 Å². The van der Waals surface area contributed by atoms with E-state index >= 15 is 0 Å². The lowest BCUT2D eigenvalue weighted by molar-refractivity contribution is -0.124. The predicted molar refractivity (Wildman–Crippen MR) is 51.3 cm³/mol. The summed E-state index contributed by atoms with van der Waals surface area (Å²) >= 11 is 0. The molecule has 0 unspecified atom stereocenters. The van der Waals surface area contributed by atoms with Crippen LogP contribution in [0.5, 0.6) is 0 Å². The van der Waals surface area contributed by atoms with Gasteiger partial charge in [-0.2, -0.15) is 5.10 Å². The van der Waals surface area contributed by atoms with E-state index in [4.69, 9.17) is 0 Å². The summed E-state index contributed by atoms with van der Waals surface area (Å²) in [5, 5.41) is 9.18. The van der Waals surface area contributed by atoms with Crippen LogP contribution in [-0.2, 0) is 4.79 Å². The van der Waals surface area contributed by atoms with E-state index in [1.54, 1.807) is 12.3 Å². The van der Waals surface area contributed by atoms with Crippen molar-refractivity contribution in [1.82, 2.24) is 10.2 Å². The zero-order valence-electron chi connectivity index (χ0n) is 8.22. The molecular formula is C9H15N3O. The van der Waals surface area contributed by atoms with E-state index in [1.165, 1.54) is 0 Å². The second-order valence-electron chi connectivity index (χ2n) is 3.66. The second kappa shape index (κ2) is 3.60. The van der Waals surface area contributed by atoms with Crippen LogP contribution in [0.15, 0.2) is 12.3 Å². The molecule has 0 spiro atoms. The number of anilines is 1. The molecule has 0 aliphatic carbocycles. The third-order valence-corrected chi connectivity index (χ3v) is 2.25. The molecule has 1 heterocycles. The predicted octanol–water partition coefficient (Wildman–Crippen LogP) is 1.78. The van der Waals surface area contributed by atoms with Crippen LogP contribution in [0.25, 0.3) is 0 Å². The highest BCUT2D eigenvalue weighted by Crippen LogP contribution is 2.21. The highest BCUT2D eigenvalue weighted by atomic mass is 16.2. The third kappa shape index (κ3) is 2.31. The van der Waals surface area contributed by atoms with Crippen molar-refractivity contribution in [3.63, 3.8) is 0 Å². The largest absolute Gasteiger partial charge is 0.311 e. The molecule has 0 aliphatic rings. The number of carbonyl (C=O) groups is 1. The van der Waals surface area contributed by atoms with Gasteiger partial charge in [-0.15, -0.1) is 0 Å². The maximum absolute atomic E-state index is 11.6. The molecule has 13 heavy (non-hydrogen) atoms. The van der Waals surface area contributed by atoms with Gasteiger partial charge >= 0.3 is 0 Å². The fraction of sp³-hybridized carbons (Fsp3) is 0.556. The molecule has 0 saturated carbocycles. The molecule has 1 aromatic rings. The van der Waals surface area contributed by atoms with Gasteiger partial charge in [0.05, 0.1) is 6.20 Å². The SMILES string of the molecule is CCC(C)(C)C(=O)Nc1ccn[nH]1. The summed E-state index contributed by atoms with van der Waals surface area (Å²) in [5.41, 5.74) is -0.328. The number of hydrogen-bond acceptors (Lipinski definition) is 2. The summed E-state index contributed by atoms with van der Waals surface area (Å²) in [6, 6.07) is 1.73. The topological polar surface area (TPSA) is 57.8 Å². The smallest absolute Gasteiger partial charge is 0.231 e. The molecule has 4 nitrogen and oxygen atoms in total. The third-order valence-electron chi connectivity index (χ3n) is 2.25. The lowest BCUT2D eigenvalue weighted by Gasteiger charge is -2.20. The maximum atomic E-state index is 11.6. The van der Waals surface area contributed by atoms with Crippen LogP contribution < -0.4 is 5.32 Å². The standard InChI is InChI=1S/C9H15N3O/c1-4-9(2,3)8(13)11-7-5-6-10-12-7/h5-6H,4H2,1-3H3,(H2,10,11,12,13). The average Bonchev–Trinajstić information content (AvgIpc) is 2.57. The number of nitrogens with zero attached hydrogens (tertiary/aromatic N) is 1. The Bertz CT molecular complexity index is 277. The molecule has 1 aromatic heterocycles. The molecule has 1 rings (SSSR count). The first kappa shape index (κ1) is 9.77. The van der Waals surface area contributed by atoms with Gasteiger partial charge in [-0.1, -0.05) is 20.8 Å². The minimum Gasteiger partial charge on any atom is -0.311 e. The van der Waals surface area contributed by atoms with Gasteiger partial charge in [0, 0.05) is 11.5 Å². The molecule has 0 atom stereocenters. The van der Waals surface area contributed by atoms with Crippen molar-refractivity contribution in [2.75, 3.05) is 5.32 Å². The molecule has 0 saturated heterocycles. The minimum atomic E-state index is -0.328. The van der Waals surface area contributed by atoms with Crippen LogP contribution >= 0.6 is 0 Å². The molecule has 0 aromatic carbocycles. The summed E-state index contributed by atoms with van der Waals surface area (Å²) in [7, 11) is 0. The summed E-state index contributed by atoms with van der Waals surface area (Å²) < 4.78 is 0. The summed E-state index contributed by atoms with van der Waals surface area (Å²) in [4.78, 5) is 11.6. The molecule has 2 N–H and O–H groups in total. The Morgan fingerprint density at radius 2 is 2.38 bits per heavy atom. The van der Waals surface area contributed by atoms with Crippen LogP contribution in [0.2, 0.25) is 0 Å². The molecular weight excluding hydrogens is 166 g/mol. The Kier molecular flexibility index (Phi) is 2.70. The lowest BCUT2D eigenvalue weighted by Crippen LogP contribution is -2.30. The Labute approximate surface area is 77.7 Å². The Balaban J connectivity index is 2.61. The maximum Gasteiger partial charge on any atom is 0.231 e. The lowest BCUT2D eigenvalue weighted by atomic mass is 9.89. The van der Waals surface area contributed by atoms with Gasteiger partial charge in [0.2, 0.25) is 5.91 Å². The molecule has 0 radical (unpaired) electrons. The number of hydrogen-bond donors (Lipinski definition) is 2. The zero-order chi connectivity index (χ0) is 9.90. The van der Waals surface area contributed by atoms with Crippen molar-refractivity contribution in [3.8, 4) is 0 Å². The number of rotatable bonds is 3. The van der Waals surface area contributed by atoms with Crippen molar-refractivity contribution >= 4 is 11.7 Å². The molecule has 0 aliphatic heterocycles. The van der Waals surface area contributed by atoms with Crippen LogP contribution in [0.1, 0.15) is 27.2 Å². The number of H-pyrrole nitrogens is 1. The Morgan fingerprint density at radius 3 is 2.85 bits per heavy atom. The second-order valence-corrected chi connectivity index (χ2v) is 3.66. The fourth-order valence-electron chi connectivity index (χ4n) is 0.778. The quantitative estimate of drug-likeness (QED) is 0.746. The van der Waals surface area contributed by atoms with Crippen LogP contribution in [0.3, 0.4) is 0 Å². The number of amides is 1. The van der Waals surface area contributed by atoms with E-state index in [-0.39, 0.29) is 11.3 Å². The molecule has 72 valence electrons. The first-order valence-electron chi connectivity index (χ1n) is 4.37.